The van der Waals surface area contributed by atoms with Crippen molar-refractivity contribution in [2.24, 2.45) is 11.3 Å². The molecule has 4 heteroatoms. The van der Waals surface area contributed by atoms with E-state index in [0.29, 0.717) is 11.3 Å². The Morgan fingerprint density at radius 2 is 1.44 bits per heavy atom. The highest BCUT2D eigenvalue weighted by Gasteiger charge is 2.37. The Hall–Kier alpha value is -0.0900. The molecular weight excluding hydrogens is 246 g/mol. The maximum Gasteiger partial charge on any atom is 0.216 e. The number of hydrogen-bond acceptors (Lipinski definition) is 2. The Balaban J connectivity index is 1.97. The molecule has 1 saturated heterocycles. The van der Waals surface area contributed by atoms with E-state index in [4.69, 9.17) is 0 Å². The van der Waals surface area contributed by atoms with Crippen LogP contribution in [-0.4, -0.2) is 31.1 Å². The van der Waals surface area contributed by atoms with E-state index in [1.54, 1.807) is 4.31 Å². The van der Waals surface area contributed by atoms with Gasteiger partial charge in [0.15, 0.2) is 0 Å². The van der Waals surface area contributed by atoms with Crippen LogP contribution >= 0.6 is 0 Å². The van der Waals surface area contributed by atoms with Gasteiger partial charge in [-0.3, -0.25) is 0 Å². The molecule has 1 aliphatic heterocycles. The van der Waals surface area contributed by atoms with Crippen molar-refractivity contribution in [1.29, 1.82) is 0 Å². The van der Waals surface area contributed by atoms with Gasteiger partial charge in [-0.05, 0) is 37.0 Å². The Labute approximate surface area is 112 Å². The second kappa shape index (κ2) is 5.12. The third kappa shape index (κ3) is 2.90. The second-order valence-electron chi connectivity index (χ2n) is 6.99. The quantitative estimate of drug-likeness (QED) is 0.775. The van der Waals surface area contributed by atoms with E-state index in [0.717, 1.165) is 51.6 Å². The minimum absolute atomic E-state index is 0.0799. The smallest absolute Gasteiger partial charge is 0.212 e. The van der Waals surface area contributed by atoms with E-state index in [9.17, 15) is 8.42 Å². The second-order valence-corrected chi connectivity index (χ2v) is 9.20. The van der Waals surface area contributed by atoms with E-state index in [-0.39, 0.29) is 5.25 Å². The van der Waals surface area contributed by atoms with Crippen LogP contribution in [0.15, 0.2) is 0 Å². The average Bonchev–Trinajstić information content (AvgIpc) is 2.82. The first-order valence-corrected chi connectivity index (χ1v) is 8.81. The van der Waals surface area contributed by atoms with Crippen molar-refractivity contribution in [2.75, 3.05) is 13.1 Å². The van der Waals surface area contributed by atoms with Gasteiger partial charge in [0.1, 0.15) is 0 Å². The molecule has 0 bridgehead atoms. The number of rotatable bonds is 2. The lowest BCUT2D eigenvalue weighted by atomic mass is 9.76. The Bertz CT molecular complexity index is 369. The van der Waals surface area contributed by atoms with Gasteiger partial charge >= 0.3 is 0 Å². The van der Waals surface area contributed by atoms with E-state index in [2.05, 4.69) is 20.8 Å². The van der Waals surface area contributed by atoms with Gasteiger partial charge in [-0.25, -0.2) is 12.7 Å². The van der Waals surface area contributed by atoms with Gasteiger partial charge in [0.25, 0.3) is 0 Å². The van der Waals surface area contributed by atoms with Gasteiger partial charge in [-0.1, -0.05) is 33.6 Å². The van der Waals surface area contributed by atoms with Crippen molar-refractivity contribution in [3.63, 3.8) is 0 Å². The van der Waals surface area contributed by atoms with Gasteiger partial charge in [0, 0.05) is 13.1 Å². The molecule has 3 nitrogen and oxygen atoms in total. The van der Waals surface area contributed by atoms with Crippen LogP contribution < -0.4 is 0 Å². The van der Waals surface area contributed by atoms with Crippen molar-refractivity contribution in [3.8, 4) is 0 Å². The zero-order valence-corrected chi connectivity index (χ0v) is 12.8. The van der Waals surface area contributed by atoms with Gasteiger partial charge in [0.2, 0.25) is 10.0 Å². The monoisotopic (exact) mass is 273 g/mol. The molecule has 2 rings (SSSR count). The lowest BCUT2D eigenvalue weighted by Crippen LogP contribution is -2.44. The maximum atomic E-state index is 12.5. The van der Waals surface area contributed by atoms with Crippen LogP contribution in [0.25, 0.3) is 0 Å². The zero-order valence-electron chi connectivity index (χ0n) is 12.0. The Kier molecular flexibility index (Phi) is 4.07. The lowest BCUT2D eigenvalue weighted by molar-refractivity contribution is 0.153. The molecular formula is C14H27NO2S. The largest absolute Gasteiger partial charge is 0.216 e. The summed E-state index contributed by atoms with van der Waals surface area (Å²) in [6.07, 6.45) is 5.97. The van der Waals surface area contributed by atoms with Gasteiger partial charge in [-0.15, -0.1) is 0 Å². The number of hydrogen-bond donors (Lipinski definition) is 0. The summed E-state index contributed by atoms with van der Waals surface area (Å²) in [6.45, 7) is 8.26. The first-order chi connectivity index (χ1) is 8.32. The Morgan fingerprint density at radius 1 is 0.944 bits per heavy atom. The normalized spacial score (nSPS) is 25.7. The third-order valence-electron chi connectivity index (χ3n) is 4.76. The molecule has 1 saturated carbocycles. The third-order valence-corrected chi connectivity index (χ3v) is 7.16. The van der Waals surface area contributed by atoms with Crippen molar-refractivity contribution >= 4 is 10.0 Å². The zero-order chi connectivity index (χ0) is 13.4. The molecule has 0 spiro atoms. The van der Waals surface area contributed by atoms with E-state index in [1.807, 2.05) is 0 Å². The van der Waals surface area contributed by atoms with Gasteiger partial charge in [0.05, 0.1) is 5.25 Å². The molecule has 1 aliphatic carbocycles. The topological polar surface area (TPSA) is 37.4 Å². The molecule has 0 aromatic heterocycles. The fourth-order valence-electron chi connectivity index (χ4n) is 3.37. The number of nitrogens with zero attached hydrogens (tertiary/aromatic N) is 1. The molecule has 0 unspecified atom stereocenters. The van der Waals surface area contributed by atoms with Crippen LogP contribution in [0.4, 0.5) is 0 Å². The molecule has 106 valence electrons. The van der Waals surface area contributed by atoms with Crippen LogP contribution in [0.3, 0.4) is 0 Å². The summed E-state index contributed by atoms with van der Waals surface area (Å²) in [6, 6.07) is 0. The molecule has 0 radical (unpaired) electrons. The highest BCUT2D eigenvalue weighted by atomic mass is 32.2. The first kappa shape index (κ1) is 14.3. The molecule has 0 aromatic rings. The maximum absolute atomic E-state index is 12.5. The summed E-state index contributed by atoms with van der Waals surface area (Å²) in [5.74, 6) is 0.660. The molecule has 0 aromatic carbocycles. The summed E-state index contributed by atoms with van der Waals surface area (Å²) in [4.78, 5) is 0. The SMILES string of the molecule is CC(C)(C)C1CCN(S(=O)(=O)C2CCCC2)CC1. The van der Waals surface area contributed by atoms with Crippen molar-refractivity contribution in [2.45, 2.75) is 64.5 Å². The Morgan fingerprint density at radius 3 is 1.89 bits per heavy atom. The van der Waals surface area contributed by atoms with Crippen molar-refractivity contribution in [1.82, 2.24) is 4.31 Å². The predicted molar refractivity (Wildman–Crippen MR) is 74.9 cm³/mol. The summed E-state index contributed by atoms with van der Waals surface area (Å²) in [7, 11) is -3.00. The summed E-state index contributed by atoms with van der Waals surface area (Å²) >= 11 is 0. The van der Waals surface area contributed by atoms with Crippen LogP contribution in [0.2, 0.25) is 0 Å². The summed E-state index contributed by atoms with van der Waals surface area (Å²) < 4.78 is 26.7. The molecule has 1 heterocycles. The molecule has 0 atom stereocenters. The van der Waals surface area contributed by atoms with E-state index >= 15 is 0 Å². The standard InChI is InChI=1S/C14H27NO2S/c1-14(2,3)12-8-10-15(11-9-12)18(16,17)13-6-4-5-7-13/h12-13H,4-11H2,1-3H3. The fraction of sp³-hybridized carbons (Fsp3) is 1.00. The molecule has 2 fully saturated rings. The number of piperidine rings is 1. The van der Waals surface area contributed by atoms with Crippen LogP contribution in [-0.2, 0) is 10.0 Å². The first-order valence-electron chi connectivity index (χ1n) is 7.31. The lowest BCUT2D eigenvalue weighted by Gasteiger charge is -2.39. The van der Waals surface area contributed by atoms with E-state index < -0.39 is 10.0 Å². The van der Waals surface area contributed by atoms with Crippen LogP contribution in [0.1, 0.15) is 59.3 Å². The fourth-order valence-corrected chi connectivity index (χ4v) is 5.44. The predicted octanol–water partition coefficient (Wildman–Crippen LogP) is 3.02. The molecule has 18 heavy (non-hydrogen) atoms. The average molecular weight is 273 g/mol. The molecule has 0 amide bonds. The molecule has 2 aliphatic rings. The van der Waals surface area contributed by atoms with E-state index in [1.165, 1.54) is 0 Å². The van der Waals surface area contributed by atoms with Gasteiger partial charge in [-0.2, -0.15) is 0 Å². The van der Waals surface area contributed by atoms with Crippen molar-refractivity contribution < 1.29 is 8.42 Å². The van der Waals surface area contributed by atoms with Crippen LogP contribution in [0, 0.1) is 11.3 Å². The number of sulfonamides is 1. The van der Waals surface area contributed by atoms with Gasteiger partial charge < -0.3 is 0 Å². The highest BCUT2D eigenvalue weighted by Crippen LogP contribution is 2.36. The summed E-state index contributed by atoms with van der Waals surface area (Å²) in [5.41, 5.74) is 0.309. The van der Waals surface area contributed by atoms with Crippen molar-refractivity contribution in [3.05, 3.63) is 0 Å². The van der Waals surface area contributed by atoms with Crippen LogP contribution in [0.5, 0.6) is 0 Å². The highest BCUT2D eigenvalue weighted by molar-refractivity contribution is 7.89. The minimum Gasteiger partial charge on any atom is -0.212 e. The molecule has 0 N–H and O–H groups in total. The summed E-state index contributed by atoms with van der Waals surface area (Å²) in [5, 5.41) is -0.0799. The minimum atomic E-state index is -3.00.